The Kier molecular flexibility index (Phi) is 4.51. The van der Waals surface area contributed by atoms with Gasteiger partial charge in [-0.1, -0.05) is 6.92 Å². The van der Waals surface area contributed by atoms with Crippen LogP contribution in [0.25, 0.3) is 0 Å². The summed E-state index contributed by atoms with van der Waals surface area (Å²) >= 11 is 0. The van der Waals surface area contributed by atoms with E-state index in [4.69, 9.17) is 5.21 Å². The number of hydrogen-bond acceptors (Lipinski definition) is 3. The third-order valence-electron chi connectivity index (χ3n) is 8.30. The van der Waals surface area contributed by atoms with Crippen molar-refractivity contribution in [2.45, 2.75) is 70.9 Å². The fourth-order valence-electron chi connectivity index (χ4n) is 7.77. The lowest BCUT2D eigenvalue weighted by molar-refractivity contribution is -0.105. The van der Waals surface area contributed by atoms with Crippen LogP contribution in [-0.4, -0.2) is 28.6 Å². The van der Waals surface area contributed by atoms with E-state index in [-0.39, 0.29) is 11.4 Å². The maximum atomic E-state index is 14.8. The highest BCUT2D eigenvalue weighted by molar-refractivity contribution is 5.93. The first-order valence-corrected chi connectivity index (χ1v) is 11.0. The van der Waals surface area contributed by atoms with Crippen molar-refractivity contribution >= 4 is 5.91 Å². The van der Waals surface area contributed by atoms with E-state index in [1.807, 2.05) is 0 Å². The number of carbonyl (C=O) groups is 1. The molecular formula is C23H31FN2O2. The molecule has 0 spiro atoms. The molecule has 1 aromatic carbocycles. The minimum atomic E-state index is -0.649. The maximum absolute atomic E-state index is 14.8. The second kappa shape index (κ2) is 6.81. The van der Waals surface area contributed by atoms with Gasteiger partial charge < -0.3 is 0 Å². The summed E-state index contributed by atoms with van der Waals surface area (Å²) in [5.74, 6) is 1.81. The summed E-state index contributed by atoms with van der Waals surface area (Å²) in [4.78, 5) is 14.2. The van der Waals surface area contributed by atoms with Crippen molar-refractivity contribution in [3.8, 4) is 0 Å². The highest BCUT2D eigenvalue weighted by Gasteiger charge is 2.54. The van der Waals surface area contributed by atoms with E-state index in [1.165, 1.54) is 44.6 Å². The summed E-state index contributed by atoms with van der Waals surface area (Å²) in [6, 6.07) is 3.54. The molecule has 4 bridgehead atoms. The molecule has 152 valence electrons. The summed E-state index contributed by atoms with van der Waals surface area (Å²) in [5.41, 5.74) is 3.90. The zero-order chi connectivity index (χ0) is 19.5. The van der Waals surface area contributed by atoms with Gasteiger partial charge in [-0.3, -0.25) is 14.9 Å². The average molecular weight is 387 g/mol. The lowest BCUT2D eigenvalue weighted by Crippen LogP contribution is -2.57. The lowest BCUT2D eigenvalue weighted by Gasteiger charge is -2.61. The van der Waals surface area contributed by atoms with Crippen molar-refractivity contribution in [3.63, 3.8) is 0 Å². The monoisotopic (exact) mass is 386 g/mol. The molecule has 4 fully saturated rings. The molecule has 28 heavy (non-hydrogen) atoms. The summed E-state index contributed by atoms with van der Waals surface area (Å²) in [7, 11) is 0. The molecule has 5 aliphatic rings. The predicted molar refractivity (Wildman–Crippen MR) is 104 cm³/mol. The van der Waals surface area contributed by atoms with Gasteiger partial charge in [0.05, 0.1) is 0 Å². The van der Waals surface area contributed by atoms with Crippen molar-refractivity contribution < 1.29 is 14.4 Å². The molecule has 1 aliphatic heterocycles. The number of amides is 1. The van der Waals surface area contributed by atoms with Crippen molar-refractivity contribution in [1.29, 1.82) is 0 Å². The Balaban J connectivity index is 1.41. The number of fused-ring (bicyclic) bond motifs is 1. The second-order valence-corrected chi connectivity index (χ2v) is 9.96. The van der Waals surface area contributed by atoms with E-state index in [9.17, 15) is 9.18 Å². The number of hydrogen-bond donors (Lipinski definition) is 2. The maximum Gasteiger partial charge on any atom is 0.274 e. The molecule has 1 amide bonds. The van der Waals surface area contributed by atoms with Crippen LogP contribution in [0, 0.1) is 29.0 Å². The largest absolute Gasteiger partial charge is 0.295 e. The summed E-state index contributed by atoms with van der Waals surface area (Å²) in [5, 5.41) is 8.85. The van der Waals surface area contributed by atoms with Crippen LogP contribution in [-0.2, 0) is 13.0 Å². The number of halogens is 1. The molecular weight excluding hydrogens is 355 g/mol. The van der Waals surface area contributed by atoms with Gasteiger partial charge >= 0.3 is 0 Å². The normalized spacial score (nSPS) is 34.9. The van der Waals surface area contributed by atoms with Gasteiger partial charge in [-0.05, 0) is 92.2 Å². The zero-order valence-electron chi connectivity index (χ0n) is 16.7. The van der Waals surface area contributed by atoms with Crippen LogP contribution in [0.1, 0.15) is 73.4 Å². The number of nitrogens with zero attached hydrogens (tertiary/aromatic N) is 1. The highest BCUT2D eigenvalue weighted by Crippen LogP contribution is 2.62. The first-order valence-electron chi connectivity index (χ1n) is 11.0. The van der Waals surface area contributed by atoms with Gasteiger partial charge in [0.15, 0.2) is 0 Å². The van der Waals surface area contributed by atoms with Crippen molar-refractivity contribution in [3.05, 3.63) is 34.6 Å². The lowest BCUT2D eigenvalue weighted by atomic mass is 9.47. The highest BCUT2D eigenvalue weighted by atomic mass is 19.1. The molecule has 0 saturated heterocycles. The Morgan fingerprint density at radius 3 is 2.46 bits per heavy atom. The van der Waals surface area contributed by atoms with Gasteiger partial charge in [0, 0.05) is 30.3 Å². The van der Waals surface area contributed by atoms with Gasteiger partial charge in [0.25, 0.3) is 5.91 Å². The number of carbonyl (C=O) groups excluding carboxylic acids is 1. The molecule has 5 heteroatoms. The quantitative estimate of drug-likeness (QED) is 0.599. The van der Waals surface area contributed by atoms with Gasteiger partial charge in [-0.2, -0.15) is 0 Å². The van der Waals surface area contributed by atoms with Crippen LogP contribution in [0.2, 0.25) is 0 Å². The Labute approximate surface area is 166 Å². The predicted octanol–water partition coefficient (Wildman–Crippen LogP) is 4.30. The Bertz CT molecular complexity index is 758. The van der Waals surface area contributed by atoms with E-state index >= 15 is 0 Å². The Morgan fingerprint density at radius 2 is 1.89 bits per heavy atom. The molecule has 0 radical (unpaired) electrons. The van der Waals surface area contributed by atoms with Gasteiger partial charge in [-0.15, -0.1) is 0 Å². The van der Waals surface area contributed by atoms with Gasteiger partial charge in [0.1, 0.15) is 5.82 Å². The van der Waals surface area contributed by atoms with E-state index < -0.39 is 5.91 Å². The summed E-state index contributed by atoms with van der Waals surface area (Å²) in [6.07, 6.45) is 10.4. The van der Waals surface area contributed by atoms with E-state index in [1.54, 1.807) is 11.5 Å². The average Bonchev–Trinajstić information content (AvgIpc) is 2.67. The first kappa shape index (κ1) is 18.6. The molecule has 6 rings (SSSR count). The third kappa shape index (κ3) is 2.89. The fourth-order valence-corrected chi connectivity index (χ4v) is 7.77. The smallest absolute Gasteiger partial charge is 0.274 e. The molecule has 2 N–H and O–H groups in total. The van der Waals surface area contributed by atoms with Gasteiger partial charge in [0.2, 0.25) is 0 Å². The Hall–Kier alpha value is -1.46. The van der Waals surface area contributed by atoms with Crippen LogP contribution >= 0.6 is 0 Å². The minimum absolute atomic E-state index is 0.195. The molecule has 1 heterocycles. The Morgan fingerprint density at radius 1 is 1.25 bits per heavy atom. The topological polar surface area (TPSA) is 52.6 Å². The van der Waals surface area contributed by atoms with Crippen LogP contribution < -0.4 is 5.48 Å². The first-order chi connectivity index (χ1) is 13.5. The molecule has 0 aromatic heterocycles. The SMILES string of the molecule is CC[C@H](N1CCc2cc(C(=O)NO)cc(F)c2C1)C12CC3CC(CC(C3)C1)C2. The number of hydroxylamine groups is 1. The zero-order valence-corrected chi connectivity index (χ0v) is 16.7. The van der Waals surface area contributed by atoms with Crippen LogP contribution in [0.5, 0.6) is 0 Å². The molecule has 1 atom stereocenters. The standard InChI is InChI=1S/C23H31FN2O2/c1-2-21(23-10-14-5-15(11-23)7-16(6-14)12-23)26-4-3-17-8-18(22(27)25-28)9-20(24)19(17)13-26/h8-9,14-16,21,28H,2-7,10-13H2,1H3,(H,25,27)/t14?,15?,16?,21-,23?/m0/s1. The van der Waals surface area contributed by atoms with Crippen molar-refractivity contribution in [2.75, 3.05) is 6.54 Å². The van der Waals surface area contributed by atoms with Gasteiger partial charge in [-0.25, -0.2) is 9.87 Å². The minimum Gasteiger partial charge on any atom is -0.295 e. The number of benzene rings is 1. The van der Waals surface area contributed by atoms with E-state index in [0.717, 1.165) is 48.3 Å². The fraction of sp³-hybridized carbons (Fsp3) is 0.696. The summed E-state index contributed by atoms with van der Waals surface area (Å²) in [6.45, 7) is 3.88. The van der Waals surface area contributed by atoms with Crippen molar-refractivity contribution in [1.82, 2.24) is 10.4 Å². The van der Waals surface area contributed by atoms with Crippen LogP contribution in [0.3, 0.4) is 0 Å². The number of nitrogens with one attached hydrogen (secondary N) is 1. The molecule has 1 aromatic rings. The van der Waals surface area contributed by atoms with Crippen LogP contribution in [0.4, 0.5) is 4.39 Å². The van der Waals surface area contributed by atoms with Crippen LogP contribution in [0.15, 0.2) is 12.1 Å². The van der Waals surface area contributed by atoms with E-state index in [2.05, 4.69) is 11.8 Å². The van der Waals surface area contributed by atoms with Crippen molar-refractivity contribution in [2.24, 2.45) is 23.2 Å². The van der Waals surface area contributed by atoms with E-state index in [0.29, 0.717) is 18.0 Å². The summed E-state index contributed by atoms with van der Waals surface area (Å²) < 4.78 is 14.8. The molecule has 4 nitrogen and oxygen atoms in total. The molecule has 4 aliphatic carbocycles. The molecule has 4 saturated carbocycles. The second-order valence-electron chi connectivity index (χ2n) is 9.96. The third-order valence-corrected chi connectivity index (χ3v) is 8.30. The molecule has 0 unspecified atom stereocenters. The number of rotatable bonds is 4.